The van der Waals surface area contributed by atoms with Gasteiger partial charge in [-0.2, -0.15) is 0 Å². The summed E-state index contributed by atoms with van der Waals surface area (Å²) in [6, 6.07) is 9.19. The van der Waals surface area contributed by atoms with E-state index >= 15 is 0 Å². The van der Waals surface area contributed by atoms with Gasteiger partial charge in [0.25, 0.3) is 5.91 Å². The van der Waals surface area contributed by atoms with Gasteiger partial charge >= 0.3 is 0 Å². The highest BCUT2D eigenvalue weighted by Gasteiger charge is 2.19. The molecule has 0 unspecified atom stereocenters. The average molecular weight is 419 g/mol. The van der Waals surface area contributed by atoms with Gasteiger partial charge in [-0.1, -0.05) is 17.7 Å². The second-order valence-corrected chi connectivity index (χ2v) is 7.18. The van der Waals surface area contributed by atoms with Gasteiger partial charge in [-0.15, -0.1) is 0 Å². The minimum absolute atomic E-state index is 0.0464. The third kappa shape index (κ3) is 4.64. The Morgan fingerprint density at radius 2 is 1.73 bits per heavy atom. The maximum Gasteiger partial charge on any atom is 0.255 e. The molecule has 0 aliphatic heterocycles. The van der Waals surface area contributed by atoms with Crippen molar-refractivity contribution in [2.45, 2.75) is 20.8 Å². The fraction of sp³-hybridized carbons (Fsp3) is 0.300. The molecule has 5 nitrogen and oxygen atoms in total. The number of rotatable bonds is 5. The number of methoxy groups -OCH3 is 1. The molecule has 0 aromatic heterocycles. The lowest BCUT2D eigenvalue weighted by molar-refractivity contribution is -0.116. The highest BCUT2D eigenvalue weighted by atomic mass is 79.9. The quantitative estimate of drug-likeness (QED) is 0.794. The van der Waals surface area contributed by atoms with Crippen LogP contribution in [0.1, 0.15) is 27.0 Å². The Hall–Kier alpha value is -2.34. The summed E-state index contributed by atoms with van der Waals surface area (Å²) < 4.78 is 5.82. The van der Waals surface area contributed by atoms with Crippen LogP contribution in [0.4, 0.5) is 5.69 Å². The van der Waals surface area contributed by atoms with Crippen LogP contribution in [0.5, 0.6) is 5.75 Å². The standard InChI is InChI=1S/C20H23BrN2O3/c1-12-8-13(2)19(14(3)9-12)22-18(24)11-23(4)20(25)16-10-15(26-5)6-7-17(16)21/h6-10H,11H2,1-5H3,(H,22,24). The van der Waals surface area contributed by atoms with Crippen molar-refractivity contribution in [3.63, 3.8) is 0 Å². The third-order valence-corrected chi connectivity index (χ3v) is 4.76. The van der Waals surface area contributed by atoms with Crippen molar-refractivity contribution in [1.29, 1.82) is 0 Å². The predicted molar refractivity (Wildman–Crippen MR) is 107 cm³/mol. The zero-order valence-electron chi connectivity index (χ0n) is 15.6. The molecule has 2 aromatic carbocycles. The highest BCUT2D eigenvalue weighted by Crippen LogP contribution is 2.24. The fourth-order valence-corrected chi connectivity index (χ4v) is 3.26. The molecule has 2 rings (SSSR count). The van der Waals surface area contributed by atoms with Crippen LogP contribution in [-0.2, 0) is 4.79 Å². The lowest BCUT2D eigenvalue weighted by Crippen LogP contribution is -2.35. The second-order valence-electron chi connectivity index (χ2n) is 6.33. The van der Waals surface area contributed by atoms with Gasteiger partial charge in [-0.25, -0.2) is 0 Å². The van der Waals surface area contributed by atoms with Crippen LogP contribution in [0.2, 0.25) is 0 Å². The molecular formula is C20H23BrN2O3. The van der Waals surface area contributed by atoms with E-state index in [0.29, 0.717) is 15.8 Å². The highest BCUT2D eigenvalue weighted by molar-refractivity contribution is 9.10. The zero-order valence-corrected chi connectivity index (χ0v) is 17.2. The summed E-state index contributed by atoms with van der Waals surface area (Å²) in [5, 5.41) is 2.91. The van der Waals surface area contributed by atoms with E-state index in [1.54, 1.807) is 32.4 Å². The molecule has 0 atom stereocenters. The van der Waals surface area contributed by atoms with Gasteiger partial charge < -0.3 is 15.0 Å². The Morgan fingerprint density at radius 3 is 2.31 bits per heavy atom. The Morgan fingerprint density at radius 1 is 1.12 bits per heavy atom. The van der Waals surface area contributed by atoms with E-state index < -0.39 is 0 Å². The third-order valence-electron chi connectivity index (χ3n) is 4.07. The number of anilines is 1. The topological polar surface area (TPSA) is 58.6 Å². The summed E-state index contributed by atoms with van der Waals surface area (Å²) in [7, 11) is 3.14. The number of carbonyl (C=O) groups is 2. The van der Waals surface area contributed by atoms with Gasteiger partial charge in [0.2, 0.25) is 5.91 Å². The molecule has 0 radical (unpaired) electrons. The van der Waals surface area contributed by atoms with E-state index in [-0.39, 0.29) is 18.4 Å². The summed E-state index contributed by atoms with van der Waals surface area (Å²) in [6.07, 6.45) is 0. The SMILES string of the molecule is COc1ccc(Br)c(C(=O)N(C)CC(=O)Nc2c(C)cc(C)cc2C)c1. The molecule has 0 spiro atoms. The molecule has 138 valence electrons. The summed E-state index contributed by atoms with van der Waals surface area (Å²) in [5.41, 5.74) is 4.39. The van der Waals surface area contributed by atoms with Crippen molar-refractivity contribution in [3.05, 3.63) is 57.1 Å². The molecule has 0 fully saturated rings. The van der Waals surface area contributed by atoms with Crippen molar-refractivity contribution < 1.29 is 14.3 Å². The van der Waals surface area contributed by atoms with Crippen molar-refractivity contribution in [2.75, 3.05) is 26.0 Å². The predicted octanol–water partition coefficient (Wildman–Crippen LogP) is 4.09. The largest absolute Gasteiger partial charge is 0.497 e. The number of amides is 2. The molecular weight excluding hydrogens is 396 g/mol. The number of aryl methyl sites for hydroxylation is 3. The van der Waals surface area contributed by atoms with Gasteiger partial charge in [-0.3, -0.25) is 9.59 Å². The fourth-order valence-electron chi connectivity index (χ4n) is 2.84. The first-order chi connectivity index (χ1) is 12.2. The number of nitrogens with one attached hydrogen (secondary N) is 1. The number of carbonyl (C=O) groups excluding carboxylic acids is 2. The minimum Gasteiger partial charge on any atom is -0.497 e. The Kier molecular flexibility index (Phi) is 6.42. The number of nitrogens with zero attached hydrogens (tertiary/aromatic N) is 1. The Labute approximate surface area is 162 Å². The average Bonchev–Trinajstić information content (AvgIpc) is 2.57. The molecule has 2 amide bonds. The van der Waals surface area contributed by atoms with Crippen molar-refractivity contribution >= 4 is 33.4 Å². The maximum absolute atomic E-state index is 12.7. The van der Waals surface area contributed by atoms with Crippen LogP contribution in [0.15, 0.2) is 34.8 Å². The number of benzene rings is 2. The van der Waals surface area contributed by atoms with E-state index in [1.807, 2.05) is 32.9 Å². The molecule has 1 N–H and O–H groups in total. The van der Waals surface area contributed by atoms with Gasteiger partial charge in [0.1, 0.15) is 5.75 Å². The Balaban J connectivity index is 2.11. The molecule has 6 heteroatoms. The van der Waals surface area contributed by atoms with E-state index in [1.165, 1.54) is 4.90 Å². The number of halogens is 1. The molecule has 0 saturated carbocycles. The first kappa shape index (κ1) is 20.0. The number of ether oxygens (including phenoxy) is 1. The van der Waals surface area contributed by atoms with E-state index in [2.05, 4.69) is 21.2 Å². The van der Waals surface area contributed by atoms with Gasteiger partial charge in [-0.05, 0) is 66.0 Å². The number of hydrogen-bond donors (Lipinski definition) is 1. The minimum atomic E-state index is -0.261. The smallest absolute Gasteiger partial charge is 0.255 e. The maximum atomic E-state index is 12.7. The number of hydrogen-bond acceptors (Lipinski definition) is 3. The molecule has 2 aromatic rings. The first-order valence-electron chi connectivity index (χ1n) is 8.19. The van der Waals surface area contributed by atoms with Crippen molar-refractivity contribution in [1.82, 2.24) is 4.90 Å². The van der Waals surface area contributed by atoms with Crippen LogP contribution in [0, 0.1) is 20.8 Å². The van der Waals surface area contributed by atoms with Gasteiger partial charge in [0, 0.05) is 17.2 Å². The second kappa shape index (κ2) is 8.36. The zero-order chi connectivity index (χ0) is 19.4. The Bertz CT molecular complexity index is 826. The summed E-state index contributed by atoms with van der Waals surface area (Å²) >= 11 is 3.37. The summed E-state index contributed by atoms with van der Waals surface area (Å²) in [5.74, 6) is 0.0819. The van der Waals surface area contributed by atoms with Crippen LogP contribution in [0.25, 0.3) is 0 Å². The summed E-state index contributed by atoms with van der Waals surface area (Å²) in [6.45, 7) is 5.88. The van der Waals surface area contributed by atoms with Crippen molar-refractivity contribution in [3.8, 4) is 5.75 Å². The van der Waals surface area contributed by atoms with Gasteiger partial charge in [0.15, 0.2) is 0 Å². The molecule has 0 aliphatic rings. The van der Waals surface area contributed by atoms with Crippen LogP contribution in [-0.4, -0.2) is 37.4 Å². The lowest BCUT2D eigenvalue weighted by atomic mass is 10.1. The van der Waals surface area contributed by atoms with Gasteiger partial charge in [0.05, 0.1) is 19.2 Å². The molecule has 0 heterocycles. The molecule has 0 aliphatic carbocycles. The van der Waals surface area contributed by atoms with E-state index in [4.69, 9.17) is 4.74 Å². The number of likely N-dealkylation sites (N-methyl/N-ethyl adjacent to an activating group) is 1. The molecule has 0 saturated heterocycles. The molecule has 0 bridgehead atoms. The lowest BCUT2D eigenvalue weighted by Gasteiger charge is -2.19. The van der Waals surface area contributed by atoms with E-state index in [0.717, 1.165) is 22.4 Å². The normalized spacial score (nSPS) is 10.4. The monoisotopic (exact) mass is 418 g/mol. The van der Waals surface area contributed by atoms with Crippen LogP contribution < -0.4 is 10.1 Å². The van der Waals surface area contributed by atoms with Crippen molar-refractivity contribution in [2.24, 2.45) is 0 Å². The van der Waals surface area contributed by atoms with Crippen LogP contribution in [0.3, 0.4) is 0 Å². The molecule has 26 heavy (non-hydrogen) atoms. The van der Waals surface area contributed by atoms with E-state index in [9.17, 15) is 9.59 Å². The van der Waals surface area contributed by atoms with Crippen LogP contribution >= 0.6 is 15.9 Å². The first-order valence-corrected chi connectivity index (χ1v) is 8.99. The summed E-state index contributed by atoms with van der Waals surface area (Å²) in [4.78, 5) is 26.5.